The molecular weight excluding hydrogens is 210 g/mol. The lowest BCUT2D eigenvalue weighted by atomic mass is 9.92. The van der Waals surface area contributed by atoms with Crippen LogP contribution in [0, 0.1) is 11.8 Å². The second-order valence-corrected chi connectivity index (χ2v) is 6.38. The van der Waals surface area contributed by atoms with E-state index in [4.69, 9.17) is 5.73 Å². The Labute approximate surface area is 106 Å². The van der Waals surface area contributed by atoms with Crippen LogP contribution in [0.1, 0.15) is 33.1 Å². The average Bonchev–Trinajstić information content (AvgIpc) is 2.67. The zero-order valence-electron chi connectivity index (χ0n) is 11.7. The van der Waals surface area contributed by atoms with Gasteiger partial charge in [0.2, 0.25) is 0 Å². The monoisotopic (exact) mass is 239 g/mol. The van der Waals surface area contributed by atoms with Crippen molar-refractivity contribution in [3.63, 3.8) is 0 Å². The number of fused-ring (bicyclic) bond motifs is 2. The van der Waals surface area contributed by atoms with Crippen molar-refractivity contribution in [3.05, 3.63) is 0 Å². The smallest absolute Gasteiger partial charge is 0.0145 e. The summed E-state index contributed by atoms with van der Waals surface area (Å²) in [5.74, 6) is 1.53. The number of nitrogens with two attached hydrogens (primary N) is 1. The number of piperidine rings is 1. The van der Waals surface area contributed by atoms with E-state index < -0.39 is 0 Å². The van der Waals surface area contributed by atoms with E-state index in [-0.39, 0.29) is 0 Å². The van der Waals surface area contributed by atoms with E-state index in [1.165, 1.54) is 39.0 Å². The van der Waals surface area contributed by atoms with Crippen molar-refractivity contribution in [2.75, 3.05) is 33.2 Å². The number of nitrogens with zero attached hydrogens (tertiary/aromatic N) is 2. The van der Waals surface area contributed by atoms with Gasteiger partial charge in [0.05, 0.1) is 0 Å². The summed E-state index contributed by atoms with van der Waals surface area (Å²) in [4.78, 5) is 5.20. The molecule has 2 saturated heterocycles. The molecule has 0 amide bonds. The van der Waals surface area contributed by atoms with Crippen LogP contribution in [0.2, 0.25) is 0 Å². The highest BCUT2D eigenvalue weighted by Crippen LogP contribution is 2.30. The normalized spacial score (nSPS) is 34.6. The van der Waals surface area contributed by atoms with Gasteiger partial charge in [-0.05, 0) is 57.8 Å². The Morgan fingerprint density at radius 2 is 2.00 bits per heavy atom. The van der Waals surface area contributed by atoms with Gasteiger partial charge in [-0.15, -0.1) is 0 Å². The third-order valence-corrected chi connectivity index (χ3v) is 4.83. The predicted octanol–water partition coefficient (Wildman–Crippen LogP) is 1.39. The van der Waals surface area contributed by atoms with Gasteiger partial charge in [-0.2, -0.15) is 0 Å². The van der Waals surface area contributed by atoms with Gasteiger partial charge < -0.3 is 15.5 Å². The Morgan fingerprint density at radius 3 is 2.71 bits per heavy atom. The first-order valence-corrected chi connectivity index (χ1v) is 7.26. The molecule has 0 saturated carbocycles. The third kappa shape index (κ3) is 3.21. The third-order valence-electron chi connectivity index (χ3n) is 4.83. The van der Waals surface area contributed by atoms with Crippen LogP contribution >= 0.6 is 0 Å². The maximum Gasteiger partial charge on any atom is 0.0145 e. The number of hydrogen-bond donors (Lipinski definition) is 1. The fourth-order valence-corrected chi connectivity index (χ4v) is 3.36. The summed E-state index contributed by atoms with van der Waals surface area (Å²) < 4.78 is 0. The lowest BCUT2D eigenvalue weighted by Gasteiger charge is -2.37. The van der Waals surface area contributed by atoms with Crippen molar-refractivity contribution < 1.29 is 0 Å². The van der Waals surface area contributed by atoms with Crippen LogP contribution in [0.25, 0.3) is 0 Å². The SMILES string of the molecule is CC(C)C(N)CCN(C)C1CCN2CCC1C2. The molecular formula is C14H29N3. The van der Waals surface area contributed by atoms with Crippen LogP contribution in [0.15, 0.2) is 0 Å². The molecule has 3 nitrogen and oxygen atoms in total. The number of hydrogen-bond acceptors (Lipinski definition) is 3. The molecule has 0 aromatic heterocycles. The van der Waals surface area contributed by atoms with Crippen molar-refractivity contribution in [3.8, 4) is 0 Å². The van der Waals surface area contributed by atoms with Crippen LogP contribution in [-0.2, 0) is 0 Å². The van der Waals surface area contributed by atoms with E-state index in [1.807, 2.05) is 0 Å². The van der Waals surface area contributed by atoms with Gasteiger partial charge in [0.25, 0.3) is 0 Å². The van der Waals surface area contributed by atoms with Crippen LogP contribution in [0.4, 0.5) is 0 Å². The summed E-state index contributed by atoms with van der Waals surface area (Å²) in [6.07, 6.45) is 3.91. The first-order valence-electron chi connectivity index (χ1n) is 7.26. The van der Waals surface area contributed by atoms with Crippen LogP contribution in [0.5, 0.6) is 0 Å². The van der Waals surface area contributed by atoms with E-state index in [1.54, 1.807) is 0 Å². The highest BCUT2D eigenvalue weighted by Gasteiger charge is 2.35. The Bertz CT molecular complexity index is 242. The summed E-state index contributed by atoms with van der Waals surface area (Å²) >= 11 is 0. The van der Waals surface area contributed by atoms with Gasteiger partial charge >= 0.3 is 0 Å². The molecule has 17 heavy (non-hydrogen) atoms. The lowest BCUT2D eigenvalue weighted by molar-refractivity contribution is 0.119. The minimum absolute atomic E-state index is 0.362. The summed E-state index contributed by atoms with van der Waals surface area (Å²) in [5.41, 5.74) is 6.13. The lowest BCUT2D eigenvalue weighted by Crippen LogP contribution is -2.46. The standard InChI is InChI=1S/C14H29N3/c1-11(2)13(15)5-7-16(3)14-6-9-17-8-4-12(14)10-17/h11-14H,4-10,15H2,1-3H3. The van der Waals surface area contributed by atoms with E-state index >= 15 is 0 Å². The van der Waals surface area contributed by atoms with E-state index in [0.717, 1.165) is 18.4 Å². The van der Waals surface area contributed by atoms with E-state index in [2.05, 4.69) is 30.7 Å². The maximum atomic E-state index is 6.13. The Hall–Kier alpha value is -0.120. The Balaban J connectivity index is 1.77. The van der Waals surface area contributed by atoms with Crippen molar-refractivity contribution in [2.24, 2.45) is 17.6 Å². The highest BCUT2D eigenvalue weighted by atomic mass is 15.2. The fourth-order valence-electron chi connectivity index (χ4n) is 3.36. The molecule has 0 aromatic rings. The second-order valence-electron chi connectivity index (χ2n) is 6.38. The van der Waals surface area contributed by atoms with Gasteiger partial charge in [-0.1, -0.05) is 13.8 Å². The van der Waals surface area contributed by atoms with E-state index in [9.17, 15) is 0 Å². The zero-order chi connectivity index (χ0) is 12.4. The van der Waals surface area contributed by atoms with Gasteiger partial charge in [-0.25, -0.2) is 0 Å². The van der Waals surface area contributed by atoms with Gasteiger partial charge in [0.1, 0.15) is 0 Å². The molecule has 2 fully saturated rings. The summed E-state index contributed by atoms with van der Waals surface area (Å²) in [6.45, 7) is 9.59. The molecule has 2 aliphatic rings. The van der Waals surface area contributed by atoms with Gasteiger partial charge in [0, 0.05) is 18.6 Å². The van der Waals surface area contributed by atoms with Crippen molar-refractivity contribution in [1.82, 2.24) is 9.80 Å². The zero-order valence-corrected chi connectivity index (χ0v) is 11.7. The summed E-state index contributed by atoms with van der Waals surface area (Å²) in [6, 6.07) is 1.18. The number of rotatable bonds is 5. The van der Waals surface area contributed by atoms with Gasteiger partial charge in [0.15, 0.2) is 0 Å². The van der Waals surface area contributed by atoms with Crippen molar-refractivity contribution >= 4 is 0 Å². The molecule has 2 rings (SSSR count). The van der Waals surface area contributed by atoms with Crippen LogP contribution < -0.4 is 5.73 Å². The average molecular weight is 239 g/mol. The Morgan fingerprint density at radius 1 is 1.29 bits per heavy atom. The Kier molecular flexibility index (Phi) is 4.45. The first-order chi connectivity index (χ1) is 8.08. The molecule has 4 atom stereocenters. The molecule has 0 aromatic carbocycles. The summed E-state index contributed by atoms with van der Waals surface area (Å²) in [7, 11) is 2.30. The van der Waals surface area contributed by atoms with Crippen LogP contribution in [0.3, 0.4) is 0 Å². The topological polar surface area (TPSA) is 32.5 Å². The maximum absolute atomic E-state index is 6.13. The van der Waals surface area contributed by atoms with E-state index in [0.29, 0.717) is 12.0 Å². The highest BCUT2D eigenvalue weighted by molar-refractivity contribution is 4.91. The predicted molar refractivity (Wildman–Crippen MR) is 73.0 cm³/mol. The van der Waals surface area contributed by atoms with Crippen molar-refractivity contribution in [1.29, 1.82) is 0 Å². The minimum atomic E-state index is 0.362. The molecule has 0 aliphatic carbocycles. The largest absolute Gasteiger partial charge is 0.327 e. The first kappa shape index (κ1) is 13.3. The molecule has 4 unspecified atom stereocenters. The molecule has 2 N–H and O–H groups in total. The molecule has 2 aliphatic heterocycles. The molecule has 0 radical (unpaired) electrons. The molecule has 0 spiro atoms. The fraction of sp³-hybridized carbons (Fsp3) is 1.00. The van der Waals surface area contributed by atoms with Crippen LogP contribution in [-0.4, -0.2) is 55.1 Å². The van der Waals surface area contributed by atoms with Crippen molar-refractivity contribution in [2.45, 2.75) is 45.2 Å². The second kappa shape index (κ2) is 5.68. The van der Waals surface area contributed by atoms with Gasteiger partial charge in [-0.3, -0.25) is 0 Å². The molecule has 100 valence electrons. The quantitative estimate of drug-likeness (QED) is 0.787. The molecule has 2 bridgehead atoms. The summed E-state index contributed by atoms with van der Waals surface area (Å²) in [5, 5.41) is 0. The minimum Gasteiger partial charge on any atom is -0.327 e. The molecule has 3 heteroatoms. The molecule has 2 heterocycles.